The molecule has 0 aliphatic heterocycles. The molecule has 0 aliphatic carbocycles. The molecule has 0 fully saturated rings. The summed E-state index contributed by atoms with van der Waals surface area (Å²) >= 11 is 0. The number of hydrogen-bond donors (Lipinski definition) is 0. The van der Waals surface area contributed by atoms with E-state index in [1.54, 1.807) is 6.92 Å². The number of likely N-dealkylation sites (N-methyl/N-ethyl adjacent to an activating group) is 1. The summed E-state index contributed by atoms with van der Waals surface area (Å²) in [6.07, 6.45) is 1.33. The van der Waals surface area contributed by atoms with E-state index in [-0.39, 0.29) is 22.8 Å². The van der Waals surface area contributed by atoms with Crippen LogP contribution in [0.15, 0.2) is 40.9 Å². The van der Waals surface area contributed by atoms with Gasteiger partial charge in [-0.1, -0.05) is 6.08 Å². The molecule has 0 spiro atoms. The molecule has 120 valence electrons. The first-order valence-corrected chi connectivity index (χ1v) is 7.75. The lowest BCUT2D eigenvalue weighted by Crippen LogP contribution is -2.34. The van der Waals surface area contributed by atoms with E-state index in [2.05, 4.69) is 4.74 Å². The number of allylic oxidation sites excluding steroid dienone is 1. The van der Waals surface area contributed by atoms with Gasteiger partial charge in [0.15, 0.2) is 0 Å². The zero-order valence-electron chi connectivity index (χ0n) is 12.3. The topological polar surface area (TPSA) is 107 Å². The van der Waals surface area contributed by atoms with Crippen molar-refractivity contribution in [2.45, 2.75) is 18.7 Å². The fourth-order valence-corrected chi connectivity index (χ4v) is 3.32. The van der Waals surface area contributed by atoms with E-state index in [4.69, 9.17) is 0 Å². The predicted octanol–water partition coefficient (Wildman–Crippen LogP) is 1.68. The molecular weight excluding hydrogens is 312 g/mol. The lowest BCUT2D eigenvalue weighted by atomic mass is 10.3. The van der Waals surface area contributed by atoms with Crippen LogP contribution in [0, 0.1) is 10.1 Å². The van der Waals surface area contributed by atoms with Crippen LogP contribution in [0.5, 0.6) is 0 Å². The van der Waals surface area contributed by atoms with Gasteiger partial charge in [0.25, 0.3) is 15.7 Å². The normalized spacial score (nSPS) is 11.9. The van der Waals surface area contributed by atoms with Gasteiger partial charge in [-0.3, -0.25) is 14.4 Å². The Kier molecular flexibility index (Phi) is 5.63. The van der Waals surface area contributed by atoms with Gasteiger partial charge in [-0.05, 0) is 26.0 Å². The average molecular weight is 328 g/mol. The van der Waals surface area contributed by atoms with Gasteiger partial charge in [0.1, 0.15) is 5.70 Å². The maximum Gasteiger partial charge on any atom is 0.354 e. The first kappa shape index (κ1) is 17.6. The Balaban J connectivity index is 3.30. The number of nitro groups is 1. The molecule has 0 bridgehead atoms. The van der Waals surface area contributed by atoms with Crippen LogP contribution in [-0.2, 0) is 19.6 Å². The van der Waals surface area contributed by atoms with Crippen molar-refractivity contribution in [2.24, 2.45) is 0 Å². The van der Waals surface area contributed by atoms with E-state index < -0.39 is 20.9 Å². The Hall–Kier alpha value is -2.42. The van der Waals surface area contributed by atoms with Gasteiger partial charge in [0.2, 0.25) is 0 Å². The van der Waals surface area contributed by atoms with Gasteiger partial charge in [-0.25, -0.2) is 13.2 Å². The zero-order valence-corrected chi connectivity index (χ0v) is 13.2. The molecule has 22 heavy (non-hydrogen) atoms. The number of sulfonamides is 1. The maximum absolute atomic E-state index is 12.6. The van der Waals surface area contributed by atoms with Crippen LogP contribution in [-0.4, -0.2) is 37.3 Å². The second-order valence-corrected chi connectivity index (χ2v) is 5.95. The molecule has 1 aromatic rings. The van der Waals surface area contributed by atoms with Crippen LogP contribution in [0.25, 0.3) is 0 Å². The molecule has 1 rings (SSSR count). The molecule has 0 radical (unpaired) electrons. The van der Waals surface area contributed by atoms with Gasteiger partial charge in [-0.15, -0.1) is 0 Å². The Labute approximate surface area is 128 Å². The Morgan fingerprint density at radius 2 is 1.91 bits per heavy atom. The molecule has 0 N–H and O–H groups in total. The van der Waals surface area contributed by atoms with Crippen molar-refractivity contribution >= 4 is 21.7 Å². The molecule has 0 heterocycles. The SMILES string of the molecule is C/C=C(\C(=O)OC)N(CC)S(=O)(=O)c1ccc([N+](=O)[O-])cc1. The van der Waals surface area contributed by atoms with E-state index in [9.17, 15) is 23.3 Å². The average Bonchev–Trinajstić information content (AvgIpc) is 2.51. The summed E-state index contributed by atoms with van der Waals surface area (Å²) in [5.41, 5.74) is -0.343. The fourth-order valence-electron chi connectivity index (χ4n) is 1.81. The van der Waals surface area contributed by atoms with Crippen molar-refractivity contribution in [3.63, 3.8) is 0 Å². The molecule has 1 aromatic carbocycles. The maximum atomic E-state index is 12.6. The standard InChI is InChI=1S/C13H16N2O6S/c1-4-12(13(16)21-3)14(5-2)22(19,20)11-8-6-10(7-9-11)15(17)18/h4,6-9H,5H2,1-3H3/b12-4+. The zero-order chi connectivity index (χ0) is 16.9. The predicted molar refractivity (Wildman–Crippen MR) is 78.4 cm³/mol. The number of esters is 1. The third kappa shape index (κ3) is 3.42. The van der Waals surface area contributed by atoms with Crippen LogP contribution in [0.3, 0.4) is 0 Å². The number of rotatable bonds is 6. The van der Waals surface area contributed by atoms with E-state index in [0.717, 1.165) is 35.7 Å². The van der Waals surface area contributed by atoms with E-state index in [0.29, 0.717) is 0 Å². The number of benzene rings is 1. The van der Waals surface area contributed by atoms with Crippen molar-refractivity contribution < 1.29 is 22.9 Å². The first-order valence-electron chi connectivity index (χ1n) is 6.31. The van der Waals surface area contributed by atoms with Crippen molar-refractivity contribution in [3.05, 3.63) is 46.2 Å². The van der Waals surface area contributed by atoms with Crippen molar-refractivity contribution in [3.8, 4) is 0 Å². The van der Waals surface area contributed by atoms with Crippen LogP contribution in [0.1, 0.15) is 13.8 Å². The Morgan fingerprint density at radius 3 is 2.27 bits per heavy atom. The van der Waals surface area contributed by atoms with Gasteiger partial charge in [0, 0.05) is 18.7 Å². The van der Waals surface area contributed by atoms with Gasteiger partial charge in [0.05, 0.1) is 16.9 Å². The third-order valence-electron chi connectivity index (χ3n) is 2.86. The van der Waals surface area contributed by atoms with Gasteiger partial charge in [-0.2, -0.15) is 0 Å². The van der Waals surface area contributed by atoms with Crippen LogP contribution in [0.4, 0.5) is 5.69 Å². The van der Waals surface area contributed by atoms with Crippen LogP contribution >= 0.6 is 0 Å². The van der Waals surface area contributed by atoms with Gasteiger partial charge >= 0.3 is 5.97 Å². The molecule has 0 aromatic heterocycles. The summed E-state index contributed by atoms with van der Waals surface area (Å²) in [4.78, 5) is 21.5. The van der Waals surface area contributed by atoms with Gasteiger partial charge < -0.3 is 4.74 Å². The largest absolute Gasteiger partial charge is 0.464 e. The minimum atomic E-state index is -4.02. The second-order valence-electron chi connectivity index (χ2n) is 4.09. The van der Waals surface area contributed by atoms with E-state index in [1.165, 1.54) is 13.0 Å². The Morgan fingerprint density at radius 1 is 1.36 bits per heavy atom. The number of carbonyl (C=O) groups is 1. The van der Waals surface area contributed by atoms with Crippen molar-refractivity contribution in [2.75, 3.05) is 13.7 Å². The summed E-state index contributed by atoms with van der Waals surface area (Å²) in [7, 11) is -2.87. The molecule has 9 heteroatoms. The highest BCUT2D eigenvalue weighted by Gasteiger charge is 2.29. The molecule has 0 aliphatic rings. The summed E-state index contributed by atoms with van der Waals surface area (Å²) in [5.74, 6) is -0.783. The minimum Gasteiger partial charge on any atom is -0.464 e. The summed E-state index contributed by atoms with van der Waals surface area (Å²) < 4.78 is 30.6. The number of nitrogens with zero attached hydrogens (tertiary/aromatic N) is 2. The lowest BCUT2D eigenvalue weighted by Gasteiger charge is -2.23. The number of methoxy groups -OCH3 is 1. The van der Waals surface area contributed by atoms with Crippen LogP contribution < -0.4 is 0 Å². The summed E-state index contributed by atoms with van der Waals surface area (Å²) in [6, 6.07) is 4.43. The van der Waals surface area contributed by atoms with E-state index in [1.807, 2.05) is 0 Å². The van der Waals surface area contributed by atoms with Crippen LogP contribution in [0.2, 0.25) is 0 Å². The lowest BCUT2D eigenvalue weighted by molar-refractivity contribution is -0.384. The number of carbonyl (C=O) groups excluding carboxylic acids is 1. The molecule has 0 saturated heterocycles. The number of non-ortho nitro benzene ring substituents is 1. The smallest absolute Gasteiger partial charge is 0.354 e. The summed E-state index contributed by atoms with van der Waals surface area (Å²) in [5, 5.41) is 10.6. The molecule has 0 saturated carbocycles. The number of nitro benzene ring substituents is 1. The quantitative estimate of drug-likeness (QED) is 0.340. The highest BCUT2D eigenvalue weighted by atomic mass is 32.2. The molecule has 0 amide bonds. The molecular formula is C13H16N2O6S. The molecule has 0 atom stereocenters. The highest BCUT2D eigenvalue weighted by Crippen LogP contribution is 2.23. The molecule has 0 unspecified atom stereocenters. The first-order chi connectivity index (χ1) is 10.3. The highest BCUT2D eigenvalue weighted by molar-refractivity contribution is 7.89. The monoisotopic (exact) mass is 328 g/mol. The van der Waals surface area contributed by atoms with E-state index >= 15 is 0 Å². The van der Waals surface area contributed by atoms with Crippen molar-refractivity contribution in [1.29, 1.82) is 0 Å². The number of ether oxygens (including phenoxy) is 1. The minimum absolute atomic E-state index is 0.00803. The fraction of sp³-hybridized carbons (Fsp3) is 0.308. The van der Waals surface area contributed by atoms with Crippen molar-refractivity contribution in [1.82, 2.24) is 4.31 Å². The Bertz CT molecular complexity index is 694. The third-order valence-corrected chi connectivity index (χ3v) is 4.76. The molecule has 8 nitrogen and oxygen atoms in total. The second kappa shape index (κ2) is 7.03. The number of hydrogen-bond acceptors (Lipinski definition) is 6. The summed E-state index contributed by atoms with van der Waals surface area (Å²) in [6.45, 7) is 3.09.